The molecule has 2 rings (SSSR count). The molecule has 1 aliphatic heterocycles. The Morgan fingerprint density at radius 2 is 1.44 bits per heavy atom. The van der Waals surface area contributed by atoms with E-state index in [1.807, 2.05) is 0 Å². The Bertz CT molecular complexity index is 325. The highest BCUT2D eigenvalue weighted by atomic mass is 15.2. The molecule has 0 atom stereocenters. The fourth-order valence-corrected chi connectivity index (χ4v) is 2.02. The molecule has 16 heavy (non-hydrogen) atoms. The zero-order chi connectivity index (χ0) is 11.4. The third-order valence-electron chi connectivity index (χ3n) is 2.78. The summed E-state index contributed by atoms with van der Waals surface area (Å²) in [7, 11) is 0. The normalized spacial score (nSPS) is 18.2. The molecule has 4 N–H and O–H groups in total. The number of likely N-dealkylation sites (tertiary alicyclic amines) is 1. The van der Waals surface area contributed by atoms with Crippen molar-refractivity contribution in [2.45, 2.75) is 32.2 Å². The Balaban J connectivity index is 2.01. The first kappa shape index (κ1) is 11.1. The Kier molecular flexibility index (Phi) is 3.51. The van der Waals surface area contributed by atoms with Crippen molar-refractivity contribution in [1.29, 1.82) is 0 Å². The number of nitrogen functional groups attached to an aromatic ring is 2. The molecule has 6 heteroatoms. The maximum atomic E-state index is 5.53. The standard InChI is InChI=1S/C10H18N6/c11-9-13-8(14-10(12)15-9)7-16-5-3-1-2-4-6-16/h1-7H2,(H4,11,12,13,14,15). The number of nitrogens with zero attached hydrogens (tertiary/aromatic N) is 4. The lowest BCUT2D eigenvalue weighted by Crippen LogP contribution is -2.25. The fourth-order valence-electron chi connectivity index (χ4n) is 2.02. The number of hydrogen-bond donors (Lipinski definition) is 2. The molecule has 0 aromatic carbocycles. The largest absolute Gasteiger partial charge is 0.368 e. The molecule has 0 bridgehead atoms. The van der Waals surface area contributed by atoms with E-state index in [1.54, 1.807) is 0 Å². The maximum absolute atomic E-state index is 5.53. The zero-order valence-electron chi connectivity index (χ0n) is 9.39. The van der Waals surface area contributed by atoms with Crippen LogP contribution < -0.4 is 11.5 Å². The third kappa shape index (κ3) is 3.03. The summed E-state index contributed by atoms with van der Waals surface area (Å²) in [5, 5.41) is 0. The van der Waals surface area contributed by atoms with Gasteiger partial charge in [0.05, 0.1) is 6.54 Å². The molecule has 0 saturated carbocycles. The summed E-state index contributed by atoms with van der Waals surface area (Å²) in [6, 6.07) is 0. The predicted octanol–water partition coefficient (Wildman–Crippen LogP) is 0.412. The van der Waals surface area contributed by atoms with Crippen LogP contribution in [0.2, 0.25) is 0 Å². The van der Waals surface area contributed by atoms with Gasteiger partial charge in [-0.05, 0) is 25.9 Å². The first-order valence-corrected chi connectivity index (χ1v) is 5.72. The number of aromatic nitrogens is 3. The highest BCUT2D eigenvalue weighted by Gasteiger charge is 2.11. The maximum Gasteiger partial charge on any atom is 0.225 e. The van der Waals surface area contributed by atoms with E-state index in [1.165, 1.54) is 25.7 Å². The monoisotopic (exact) mass is 222 g/mol. The molecule has 1 aliphatic rings. The van der Waals surface area contributed by atoms with Gasteiger partial charge in [0.25, 0.3) is 0 Å². The molecule has 1 aromatic rings. The summed E-state index contributed by atoms with van der Waals surface area (Å²) < 4.78 is 0. The van der Waals surface area contributed by atoms with Crippen LogP contribution in [-0.2, 0) is 6.54 Å². The van der Waals surface area contributed by atoms with Crippen molar-refractivity contribution >= 4 is 11.9 Å². The number of anilines is 2. The van der Waals surface area contributed by atoms with E-state index in [2.05, 4.69) is 19.9 Å². The van der Waals surface area contributed by atoms with Crippen molar-refractivity contribution in [3.05, 3.63) is 5.82 Å². The van der Waals surface area contributed by atoms with Crippen LogP contribution >= 0.6 is 0 Å². The smallest absolute Gasteiger partial charge is 0.225 e. The van der Waals surface area contributed by atoms with Crippen LogP contribution in [0.3, 0.4) is 0 Å². The first-order chi connectivity index (χ1) is 7.74. The van der Waals surface area contributed by atoms with Gasteiger partial charge in [0.15, 0.2) is 0 Å². The van der Waals surface area contributed by atoms with Crippen molar-refractivity contribution < 1.29 is 0 Å². The molecule has 0 amide bonds. The van der Waals surface area contributed by atoms with Gasteiger partial charge in [0.2, 0.25) is 11.9 Å². The minimum atomic E-state index is 0.206. The summed E-state index contributed by atoms with van der Waals surface area (Å²) in [5.74, 6) is 1.08. The summed E-state index contributed by atoms with van der Waals surface area (Å²) in [4.78, 5) is 14.3. The van der Waals surface area contributed by atoms with E-state index >= 15 is 0 Å². The lowest BCUT2D eigenvalue weighted by molar-refractivity contribution is 0.270. The Hall–Kier alpha value is -1.43. The van der Waals surface area contributed by atoms with Crippen molar-refractivity contribution in [3.63, 3.8) is 0 Å². The van der Waals surface area contributed by atoms with E-state index in [0.29, 0.717) is 5.82 Å². The molecule has 1 saturated heterocycles. The quantitative estimate of drug-likeness (QED) is 0.752. The van der Waals surface area contributed by atoms with Crippen LogP contribution in [0.25, 0.3) is 0 Å². The van der Waals surface area contributed by atoms with Crippen LogP contribution in [0, 0.1) is 0 Å². The van der Waals surface area contributed by atoms with E-state index in [4.69, 9.17) is 11.5 Å². The van der Waals surface area contributed by atoms with Crippen molar-refractivity contribution in [1.82, 2.24) is 19.9 Å². The number of hydrogen-bond acceptors (Lipinski definition) is 6. The van der Waals surface area contributed by atoms with Gasteiger partial charge in [0, 0.05) is 0 Å². The second kappa shape index (κ2) is 5.07. The SMILES string of the molecule is Nc1nc(N)nc(CN2CCCCCC2)n1. The van der Waals surface area contributed by atoms with Gasteiger partial charge in [-0.25, -0.2) is 0 Å². The predicted molar refractivity (Wildman–Crippen MR) is 62.4 cm³/mol. The van der Waals surface area contributed by atoms with Gasteiger partial charge < -0.3 is 11.5 Å². The molecular weight excluding hydrogens is 204 g/mol. The van der Waals surface area contributed by atoms with Crippen LogP contribution in [0.5, 0.6) is 0 Å². The van der Waals surface area contributed by atoms with Gasteiger partial charge in [-0.3, -0.25) is 4.90 Å². The second-order valence-electron chi connectivity index (χ2n) is 4.16. The second-order valence-corrected chi connectivity index (χ2v) is 4.16. The van der Waals surface area contributed by atoms with Gasteiger partial charge in [-0.2, -0.15) is 15.0 Å². The molecule has 0 aliphatic carbocycles. The zero-order valence-corrected chi connectivity index (χ0v) is 9.39. The summed E-state index contributed by atoms with van der Waals surface area (Å²) in [6.07, 6.45) is 5.13. The molecule has 0 spiro atoms. The molecule has 1 fully saturated rings. The van der Waals surface area contributed by atoms with E-state index in [0.717, 1.165) is 19.6 Å². The molecule has 6 nitrogen and oxygen atoms in total. The number of rotatable bonds is 2. The van der Waals surface area contributed by atoms with Crippen LogP contribution in [0.4, 0.5) is 11.9 Å². The highest BCUT2D eigenvalue weighted by Crippen LogP contribution is 2.12. The Morgan fingerprint density at radius 3 is 2.00 bits per heavy atom. The van der Waals surface area contributed by atoms with Crippen LogP contribution in [-0.4, -0.2) is 32.9 Å². The first-order valence-electron chi connectivity index (χ1n) is 5.72. The minimum absolute atomic E-state index is 0.206. The molecule has 88 valence electrons. The third-order valence-corrected chi connectivity index (χ3v) is 2.78. The molecular formula is C10H18N6. The van der Waals surface area contributed by atoms with Gasteiger partial charge in [-0.15, -0.1) is 0 Å². The minimum Gasteiger partial charge on any atom is -0.368 e. The van der Waals surface area contributed by atoms with Crippen LogP contribution in [0.1, 0.15) is 31.5 Å². The number of nitrogens with two attached hydrogens (primary N) is 2. The summed E-state index contributed by atoms with van der Waals surface area (Å²) in [6.45, 7) is 2.92. The van der Waals surface area contributed by atoms with Gasteiger partial charge >= 0.3 is 0 Å². The lowest BCUT2D eigenvalue weighted by Gasteiger charge is -2.18. The van der Waals surface area contributed by atoms with Crippen molar-refractivity contribution in [2.24, 2.45) is 0 Å². The van der Waals surface area contributed by atoms with Gasteiger partial charge in [-0.1, -0.05) is 12.8 Å². The Morgan fingerprint density at radius 1 is 0.875 bits per heavy atom. The lowest BCUT2D eigenvalue weighted by atomic mass is 10.2. The van der Waals surface area contributed by atoms with Gasteiger partial charge in [0.1, 0.15) is 5.82 Å². The van der Waals surface area contributed by atoms with E-state index in [9.17, 15) is 0 Å². The average Bonchev–Trinajstić information content (AvgIpc) is 2.44. The summed E-state index contributed by atoms with van der Waals surface area (Å²) in [5.41, 5.74) is 11.1. The summed E-state index contributed by atoms with van der Waals surface area (Å²) >= 11 is 0. The average molecular weight is 222 g/mol. The van der Waals surface area contributed by atoms with Crippen LogP contribution in [0.15, 0.2) is 0 Å². The molecule has 0 unspecified atom stereocenters. The van der Waals surface area contributed by atoms with E-state index < -0.39 is 0 Å². The molecule has 1 aromatic heterocycles. The topological polar surface area (TPSA) is 93.9 Å². The fraction of sp³-hybridized carbons (Fsp3) is 0.700. The molecule has 0 radical (unpaired) electrons. The van der Waals surface area contributed by atoms with Crippen molar-refractivity contribution in [2.75, 3.05) is 24.6 Å². The highest BCUT2D eigenvalue weighted by molar-refractivity contribution is 5.25. The van der Waals surface area contributed by atoms with Crippen molar-refractivity contribution in [3.8, 4) is 0 Å². The van der Waals surface area contributed by atoms with E-state index in [-0.39, 0.29) is 11.9 Å². The molecule has 2 heterocycles. The Labute approximate surface area is 95.1 Å².